The molecule has 0 N–H and O–H groups in total. The normalized spacial score (nSPS) is 20.6. The third-order valence-electron chi connectivity index (χ3n) is 4.07. The van der Waals surface area contributed by atoms with Crippen molar-refractivity contribution in [2.75, 3.05) is 33.2 Å². The fourth-order valence-electron chi connectivity index (χ4n) is 2.71. The first-order valence-electron chi connectivity index (χ1n) is 7.22. The van der Waals surface area contributed by atoms with Gasteiger partial charge in [-0.05, 0) is 51.9 Å². The van der Waals surface area contributed by atoms with Crippen LogP contribution in [0, 0.1) is 0 Å². The highest BCUT2D eigenvalue weighted by molar-refractivity contribution is 5.14. The lowest BCUT2D eigenvalue weighted by Gasteiger charge is -2.27. The van der Waals surface area contributed by atoms with Gasteiger partial charge in [-0.2, -0.15) is 0 Å². The van der Waals surface area contributed by atoms with Gasteiger partial charge in [-0.15, -0.1) is 0 Å². The molecule has 1 aliphatic heterocycles. The fourth-order valence-corrected chi connectivity index (χ4v) is 2.71. The van der Waals surface area contributed by atoms with Gasteiger partial charge in [0.15, 0.2) is 0 Å². The third-order valence-corrected chi connectivity index (χ3v) is 4.07. The van der Waals surface area contributed by atoms with E-state index in [1.807, 2.05) is 0 Å². The first kappa shape index (κ1) is 13.6. The van der Waals surface area contributed by atoms with E-state index >= 15 is 0 Å². The van der Waals surface area contributed by atoms with Gasteiger partial charge < -0.3 is 4.90 Å². The van der Waals surface area contributed by atoms with Crippen molar-refractivity contribution >= 4 is 0 Å². The van der Waals surface area contributed by atoms with Crippen molar-refractivity contribution in [1.82, 2.24) is 9.80 Å². The van der Waals surface area contributed by atoms with Crippen LogP contribution in [0.15, 0.2) is 30.3 Å². The third kappa shape index (κ3) is 4.11. The van der Waals surface area contributed by atoms with Crippen LogP contribution in [-0.2, 0) is 6.42 Å². The van der Waals surface area contributed by atoms with Crippen molar-refractivity contribution < 1.29 is 0 Å². The monoisotopic (exact) mass is 246 g/mol. The lowest BCUT2D eigenvalue weighted by atomic mass is 10.1. The Balaban J connectivity index is 1.78. The molecule has 1 fully saturated rings. The number of benzene rings is 1. The Bertz CT molecular complexity index is 336. The fraction of sp³-hybridized carbons (Fsp3) is 0.625. The summed E-state index contributed by atoms with van der Waals surface area (Å²) in [6.45, 7) is 7.35. The molecule has 2 heteroatoms. The van der Waals surface area contributed by atoms with Gasteiger partial charge in [0.25, 0.3) is 0 Å². The predicted octanol–water partition coefficient (Wildman–Crippen LogP) is 2.65. The van der Waals surface area contributed by atoms with Crippen LogP contribution in [0.2, 0.25) is 0 Å². The molecular formula is C16H26N2. The zero-order valence-electron chi connectivity index (χ0n) is 11.8. The van der Waals surface area contributed by atoms with Crippen LogP contribution in [0.3, 0.4) is 0 Å². The molecule has 1 saturated heterocycles. The smallest absolute Gasteiger partial charge is 0.0112 e. The molecule has 0 bridgehead atoms. The van der Waals surface area contributed by atoms with Gasteiger partial charge in [0.1, 0.15) is 0 Å². The van der Waals surface area contributed by atoms with E-state index in [1.165, 1.54) is 51.0 Å². The topological polar surface area (TPSA) is 6.48 Å². The molecule has 1 atom stereocenters. The van der Waals surface area contributed by atoms with Gasteiger partial charge in [-0.1, -0.05) is 30.3 Å². The molecular weight excluding hydrogens is 220 g/mol. The predicted molar refractivity (Wildman–Crippen MR) is 77.9 cm³/mol. The van der Waals surface area contributed by atoms with E-state index in [1.54, 1.807) is 0 Å². The number of likely N-dealkylation sites (N-methyl/N-ethyl adjacent to an activating group) is 1. The molecule has 0 aliphatic carbocycles. The summed E-state index contributed by atoms with van der Waals surface area (Å²) in [7, 11) is 2.23. The molecule has 2 nitrogen and oxygen atoms in total. The molecule has 100 valence electrons. The van der Waals surface area contributed by atoms with Crippen LogP contribution in [0.5, 0.6) is 0 Å². The van der Waals surface area contributed by atoms with Crippen molar-refractivity contribution in [3.05, 3.63) is 35.9 Å². The highest BCUT2D eigenvalue weighted by Gasteiger charge is 2.17. The minimum Gasteiger partial charge on any atom is -0.305 e. The van der Waals surface area contributed by atoms with Gasteiger partial charge in [-0.3, -0.25) is 4.90 Å². The van der Waals surface area contributed by atoms with Crippen LogP contribution < -0.4 is 0 Å². The second kappa shape index (κ2) is 6.91. The van der Waals surface area contributed by atoms with Crippen molar-refractivity contribution in [2.45, 2.75) is 32.2 Å². The molecule has 0 amide bonds. The Hall–Kier alpha value is -0.860. The zero-order chi connectivity index (χ0) is 12.8. The molecule has 0 spiro atoms. The van der Waals surface area contributed by atoms with E-state index in [4.69, 9.17) is 0 Å². The Morgan fingerprint density at radius 1 is 1.06 bits per heavy atom. The van der Waals surface area contributed by atoms with Crippen LogP contribution >= 0.6 is 0 Å². The molecule has 1 heterocycles. The van der Waals surface area contributed by atoms with Gasteiger partial charge in [0.05, 0.1) is 0 Å². The van der Waals surface area contributed by atoms with Crippen molar-refractivity contribution in [3.8, 4) is 0 Å². The Kier molecular flexibility index (Phi) is 5.21. The highest BCUT2D eigenvalue weighted by Crippen LogP contribution is 2.12. The van der Waals surface area contributed by atoms with Gasteiger partial charge >= 0.3 is 0 Å². The number of nitrogens with zero attached hydrogens (tertiary/aromatic N) is 2. The molecule has 1 aliphatic rings. The van der Waals surface area contributed by atoms with Crippen LogP contribution in [0.25, 0.3) is 0 Å². The molecule has 0 aromatic heterocycles. The minimum atomic E-state index is 0.705. The average molecular weight is 246 g/mol. The summed E-state index contributed by atoms with van der Waals surface area (Å²) in [4.78, 5) is 5.11. The number of rotatable bonds is 4. The maximum atomic E-state index is 2.66. The average Bonchev–Trinajstić information content (AvgIpc) is 2.62. The SMILES string of the molecule is C[C@H](CCc1ccccc1)N1CCCN(C)CC1. The molecule has 2 rings (SSSR count). The van der Waals surface area contributed by atoms with E-state index in [0.717, 1.165) is 0 Å². The van der Waals surface area contributed by atoms with Crippen molar-refractivity contribution in [2.24, 2.45) is 0 Å². The highest BCUT2D eigenvalue weighted by atomic mass is 15.2. The van der Waals surface area contributed by atoms with Crippen LogP contribution in [-0.4, -0.2) is 49.1 Å². The van der Waals surface area contributed by atoms with E-state index < -0.39 is 0 Å². The zero-order valence-corrected chi connectivity index (χ0v) is 11.8. The molecule has 0 unspecified atom stereocenters. The molecule has 0 radical (unpaired) electrons. The summed E-state index contributed by atoms with van der Waals surface area (Å²) < 4.78 is 0. The van der Waals surface area contributed by atoms with Gasteiger partial charge in [-0.25, -0.2) is 0 Å². The lowest BCUT2D eigenvalue weighted by Crippen LogP contribution is -2.36. The number of hydrogen-bond acceptors (Lipinski definition) is 2. The van der Waals surface area contributed by atoms with Gasteiger partial charge in [0, 0.05) is 19.1 Å². The summed E-state index contributed by atoms with van der Waals surface area (Å²) in [6.07, 6.45) is 3.79. The summed E-state index contributed by atoms with van der Waals surface area (Å²) in [5.41, 5.74) is 1.47. The second-order valence-corrected chi connectivity index (χ2v) is 5.57. The Morgan fingerprint density at radius 3 is 2.61 bits per heavy atom. The number of aryl methyl sites for hydroxylation is 1. The first-order chi connectivity index (χ1) is 8.75. The standard InChI is InChI=1S/C16H26N2/c1-15(9-10-16-7-4-3-5-8-16)18-12-6-11-17(2)13-14-18/h3-5,7-8,15H,6,9-14H2,1-2H3/t15-/m1/s1. The summed E-state index contributed by atoms with van der Waals surface area (Å²) in [6, 6.07) is 11.6. The van der Waals surface area contributed by atoms with E-state index in [-0.39, 0.29) is 0 Å². The Labute approximate surface area is 112 Å². The van der Waals surface area contributed by atoms with Crippen molar-refractivity contribution in [1.29, 1.82) is 0 Å². The van der Waals surface area contributed by atoms with Gasteiger partial charge in [0.2, 0.25) is 0 Å². The van der Waals surface area contributed by atoms with E-state index in [9.17, 15) is 0 Å². The van der Waals surface area contributed by atoms with E-state index in [2.05, 4.69) is 54.1 Å². The molecule has 1 aromatic carbocycles. The molecule has 0 saturated carbocycles. The molecule has 18 heavy (non-hydrogen) atoms. The maximum absolute atomic E-state index is 2.66. The van der Waals surface area contributed by atoms with E-state index in [0.29, 0.717) is 6.04 Å². The Morgan fingerprint density at radius 2 is 1.83 bits per heavy atom. The van der Waals surface area contributed by atoms with Crippen LogP contribution in [0.1, 0.15) is 25.3 Å². The summed E-state index contributed by atoms with van der Waals surface area (Å²) in [5, 5.41) is 0. The summed E-state index contributed by atoms with van der Waals surface area (Å²) >= 11 is 0. The molecule has 1 aromatic rings. The lowest BCUT2D eigenvalue weighted by molar-refractivity contribution is 0.206. The minimum absolute atomic E-state index is 0.705. The van der Waals surface area contributed by atoms with Crippen LogP contribution in [0.4, 0.5) is 0 Å². The first-order valence-corrected chi connectivity index (χ1v) is 7.22. The quantitative estimate of drug-likeness (QED) is 0.806. The number of hydrogen-bond donors (Lipinski definition) is 0. The largest absolute Gasteiger partial charge is 0.305 e. The van der Waals surface area contributed by atoms with Crippen molar-refractivity contribution in [3.63, 3.8) is 0 Å². The summed E-state index contributed by atoms with van der Waals surface area (Å²) in [5.74, 6) is 0. The maximum Gasteiger partial charge on any atom is 0.0112 e. The second-order valence-electron chi connectivity index (χ2n) is 5.57.